The first-order valence-electron chi connectivity index (χ1n) is 14.8. The van der Waals surface area contributed by atoms with E-state index in [1.165, 1.54) is 29.6 Å². The molecule has 289 valence electrons. The van der Waals surface area contributed by atoms with Gasteiger partial charge in [-0.2, -0.15) is 4.98 Å². The number of nitrogens with two attached hydrogens (primary N) is 2. The van der Waals surface area contributed by atoms with Crippen LogP contribution in [0.2, 0.25) is 0 Å². The second-order valence-electron chi connectivity index (χ2n) is 11.5. The van der Waals surface area contributed by atoms with Gasteiger partial charge >= 0.3 is 5.65 Å². The number of methoxy groups -OCH3 is 1. The number of H-pyrrole nitrogens is 2. The number of aliphatic hydroxyl groups is 3. The van der Waals surface area contributed by atoms with E-state index in [9.17, 15) is 48.4 Å². The predicted octanol–water partition coefficient (Wildman–Crippen LogP) is -4.98. The number of hydrogen-bond donors (Lipinski definition) is 7. The number of fused-ring (bicyclic) bond motifs is 2. The van der Waals surface area contributed by atoms with E-state index >= 15 is 0 Å². The van der Waals surface area contributed by atoms with Crippen molar-refractivity contribution < 1.29 is 75.2 Å². The number of phosphoric ester groups is 2. The number of aryl methyl sites for hydroxylation is 1. The Labute approximate surface area is 295 Å². The molecular weight excluding hydrogens is 780 g/mol. The highest BCUT2D eigenvalue weighted by Gasteiger charge is 2.49. The third-order valence-corrected chi connectivity index (χ3v) is 12.3. The molecule has 0 spiro atoms. The van der Waals surface area contributed by atoms with Crippen molar-refractivity contribution in [2.45, 2.75) is 49.1 Å². The molecule has 0 bridgehead atoms. The number of rotatable bonds is 13. The van der Waals surface area contributed by atoms with Gasteiger partial charge in [-0.1, -0.05) is 4.98 Å². The summed E-state index contributed by atoms with van der Waals surface area (Å²) in [6, 6.07) is 0. The topological polar surface area (TPSA) is 393 Å². The van der Waals surface area contributed by atoms with Gasteiger partial charge in [0, 0.05) is 7.11 Å². The molecule has 0 amide bonds. The molecule has 2 aliphatic rings. The average molecular weight is 809 g/mol. The van der Waals surface area contributed by atoms with Crippen LogP contribution in [0.15, 0.2) is 22.2 Å². The Hall–Kier alpha value is -3.43. The SMILES string of the molecule is [B-]P(=O)(OP(=O)([O-])OC[C@H]1O[C@@H](n2cnc3c(=O)[nH]c(N)nc32)[C@H](O)[C@@H]1O)OP(=O)([O-])OC[C@H]1O[C@@H]([n+]2cn(C)c3c(=O)[nH]c(N)nc32)[C@H](OC)[C@@H]1O. The molecule has 6 heterocycles. The molecule has 31 heteroatoms. The molecule has 6 rings (SSSR count). The smallest absolute Gasteiger partial charge is 0.313 e. The van der Waals surface area contributed by atoms with Crippen molar-refractivity contribution in [3.63, 3.8) is 0 Å². The fraction of sp³-hybridized carbons (Fsp3) is 0.545. The van der Waals surface area contributed by atoms with Gasteiger partial charge in [0.2, 0.25) is 17.7 Å². The maximum Gasteiger partial charge on any atom is 0.313 e. The summed E-state index contributed by atoms with van der Waals surface area (Å²) in [4.78, 5) is 65.9. The lowest BCUT2D eigenvalue weighted by atomic mass is 10.1. The summed E-state index contributed by atoms with van der Waals surface area (Å²) < 4.78 is 75.4. The molecule has 2 fully saturated rings. The number of aliphatic hydroxyl groups excluding tert-OH is 3. The van der Waals surface area contributed by atoms with Crippen LogP contribution >= 0.6 is 23.1 Å². The van der Waals surface area contributed by atoms with Crippen LogP contribution in [0.4, 0.5) is 11.9 Å². The quantitative estimate of drug-likeness (QED) is 0.0378. The number of anilines is 2. The molecule has 27 nitrogen and oxygen atoms in total. The number of nitrogens with one attached hydrogen (secondary N) is 2. The Morgan fingerprint density at radius 3 is 2.17 bits per heavy atom. The fourth-order valence-corrected chi connectivity index (χ4v) is 9.34. The second-order valence-corrected chi connectivity index (χ2v) is 16.2. The first-order valence-corrected chi connectivity index (χ1v) is 19.3. The van der Waals surface area contributed by atoms with Crippen molar-refractivity contribution in [1.82, 2.24) is 34.1 Å². The molecule has 4 aromatic heterocycles. The number of nitrogen functional groups attached to an aromatic ring is 2. The summed E-state index contributed by atoms with van der Waals surface area (Å²) in [6.45, 7) is -2.12. The summed E-state index contributed by atoms with van der Waals surface area (Å²) in [5, 5.41) is 31.8. The highest BCUT2D eigenvalue weighted by atomic mass is 31.3. The molecule has 0 aliphatic carbocycles. The van der Waals surface area contributed by atoms with Crippen molar-refractivity contribution >= 4 is 64.9 Å². The summed E-state index contributed by atoms with van der Waals surface area (Å²) in [5.41, 5.74) is 9.66. The van der Waals surface area contributed by atoms with E-state index in [4.69, 9.17) is 33.2 Å². The van der Waals surface area contributed by atoms with Crippen LogP contribution in [0.3, 0.4) is 0 Å². The number of phosphoric acid groups is 2. The summed E-state index contributed by atoms with van der Waals surface area (Å²) in [6.07, 6.45) is -9.77. The Morgan fingerprint density at radius 2 is 1.55 bits per heavy atom. The molecule has 4 aromatic rings. The highest BCUT2D eigenvalue weighted by Crippen LogP contribution is 2.65. The summed E-state index contributed by atoms with van der Waals surface area (Å²) >= 11 is 0. The first kappa shape index (κ1) is 39.3. The van der Waals surface area contributed by atoms with E-state index in [1.54, 1.807) is 0 Å². The van der Waals surface area contributed by atoms with E-state index in [1.807, 2.05) is 0 Å². The number of nitrogens with zero attached hydrogens (tertiary/aromatic N) is 6. The minimum absolute atomic E-state index is 0.0235. The van der Waals surface area contributed by atoms with Crippen LogP contribution < -0.4 is 36.9 Å². The van der Waals surface area contributed by atoms with Crippen molar-refractivity contribution in [2.75, 3.05) is 31.8 Å². The van der Waals surface area contributed by atoms with Crippen LogP contribution in [0.1, 0.15) is 12.5 Å². The van der Waals surface area contributed by atoms with Gasteiger partial charge in [0.1, 0.15) is 36.6 Å². The van der Waals surface area contributed by atoms with Crippen LogP contribution in [-0.4, -0.2) is 114 Å². The highest BCUT2D eigenvalue weighted by molar-refractivity contribution is 7.86. The minimum Gasteiger partial charge on any atom is -0.756 e. The number of ether oxygens (including phenoxy) is 3. The molecule has 2 saturated heterocycles. The van der Waals surface area contributed by atoms with Gasteiger partial charge < -0.3 is 72.0 Å². The molecule has 0 saturated carbocycles. The van der Waals surface area contributed by atoms with Crippen LogP contribution in [-0.2, 0) is 52.6 Å². The Balaban J connectivity index is 1.06. The van der Waals surface area contributed by atoms with E-state index in [-0.39, 0.29) is 34.2 Å². The monoisotopic (exact) mass is 809 g/mol. The van der Waals surface area contributed by atoms with Crippen molar-refractivity contribution in [2.24, 2.45) is 7.05 Å². The number of hydrogen-bond acceptors (Lipinski definition) is 22. The van der Waals surface area contributed by atoms with Gasteiger partial charge in [0.25, 0.3) is 32.7 Å². The normalized spacial score (nSPS) is 29.7. The third kappa shape index (κ3) is 7.89. The van der Waals surface area contributed by atoms with Gasteiger partial charge in [0.05, 0.1) is 34.1 Å². The maximum absolute atomic E-state index is 12.6. The molecular formula is C22H29BN10O17P3-2. The molecule has 9 N–H and O–H groups in total. The van der Waals surface area contributed by atoms with Crippen LogP contribution in [0.25, 0.3) is 22.3 Å². The Kier molecular flexibility index (Phi) is 10.6. The lowest BCUT2D eigenvalue weighted by molar-refractivity contribution is -0.746. The van der Waals surface area contributed by atoms with Gasteiger partial charge in [-0.25, -0.2) is 9.55 Å². The maximum atomic E-state index is 12.6. The molecule has 11 atom stereocenters. The van der Waals surface area contributed by atoms with Gasteiger partial charge in [0.15, 0.2) is 23.7 Å². The zero-order valence-electron chi connectivity index (χ0n) is 27.0. The zero-order chi connectivity index (χ0) is 38.8. The lowest BCUT2D eigenvalue weighted by Crippen LogP contribution is -2.47. The predicted molar refractivity (Wildman–Crippen MR) is 168 cm³/mol. The molecule has 2 aliphatic heterocycles. The van der Waals surface area contributed by atoms with E-state index in [0.29, 0.717) is 0 Å². The van der Waals surface area contributed by atoms with E-state index < -0.39 is 96.5 Å². The van der Waals surface area contributed by atoms with Crippen molar-refractivity contribution in [3.8, 4) is 0 Å². The fourth-order valence-electron chi connectivity index (χ4n) is 5.69. The number of imidazole rings is 2. The van der Waals surface area contributed by atoms with Gasteiger partial charge in [-0.3, -0.25) is 46.4 Å². The number of aromatic amines is 2. The third-order valence-electron chi connectivity index (χ3n) is 7.93. The van der Waals surface area contributed by atoms with Crippen LogP contribution in [0.5, 0.6) is 0 Å². The van der Waals surface area contributed by atoms with Crippen molar-refractivity contribution in [3.05, 3.63) is 33.4 Å². The van der Waals surface area contributed by atoms with Gasteiger partial charge in [-0.15, -0.1) is 0 Å². The standard InChI is InChI=1S/C22H30BN10O17P3/c1-31-6-33(16-10(31)18(38)30-22(25)28-16)20-14(44-2)12(35)8(48-20)4-46-53(42,43)50-51(23,39)49-52(40,41)45-3-7-11(34)13(36)19(47-7)32-5-26-9-15(32)27-21(24)29-17(9)37/h5-8,11-14,19-20,34-36H,3-4H2,1-2H3,(H7-,24,25,27,28,29,30,37,38,40,41,42,43)/q-1/p-1/t7-,8-,11-,12-,13-,14-,19-,20-,51?/m1/s1. The largest absolute Gasteiger partial charge is 0.756 e. The second kappa shape index (κ2) is 14.3. The summed E-state index contributed by atoms with van der Waals surface area (Å²) in [7, 11) is -9.33. The zero-order valence-corrected chi connectivity index (χ0v) is 29.7. The Morgan fingerprint density at radius 1 is 0.962 bits per heavy atom. The first-order chi connectivity index (χ1) is 24.7. The van der Waals surface area contributed by atoms with E-state index in [2.05, 4.69) is 42.6 Å². The molecule has 0 aromatic carbocycles. The van der Waals surface area contributed by atoms with Crippen molar-refractivity contribution in [1.29, 1.82) is 0 Å². The molecule has 3 unspecified atom stereocenters. The lowest BCUT2D eigenvalue weighted by Gasteiger charge is -2.37. The molecule has 53 heavy (non-hydrogen) atoms. The molecule has 3 radical (unpaired) electrons. The number of aromatic nitrogens is 8. The summed E-state index contributed by atoms with van der Waals surface area (Å²) in [5.74, 6) is -0.540. The van der Waals surface area contributed by atoms with E-state index in [0.717, 1.165) is 10.9 Å². The Bertz CT molecular complexity index is 2300. The van der Waals surface area contributed by atoms with Gasteiger partial charge in [-0.05, 0) is 0 Å². The minimum atomic E-state index is -5.83. The average Bonchev–Trinajstić information content (AvgIpc) is 3.77. The van der Waals surface area contributed by atoms with Crippen LogP contribution in [0, 0.1) is 0 Å².